The maximum atomic E-state index is 11.6. The van der Waals surface area contributed by atoms with Gasteiger partial charge in [0.2, 0.25) is 0 Å². The first-order valence-corrected chi connectivity index (χ1v) is 7.95. The van der Waals surface area contributed by atoms with Gasteiger partial charge in [0.05, 0.1) is 19.3 Å². The smallest absolute Gasteiger partial charge is 0.251 e. The summed E-state index contributed by atoms with van der Waals surface area (Å²) in [4.78, 5) is 14.1. The molecule has 0 aromatic heterocycles. The molecule has 1 fully saturated rings. The van der Waals surface area contributed by atoms with Crippen LogP contribution in [0.2, 0.25) is 0 Å². The fourth-order valence-corrected chi connectivity index (χ4v) is 2.95. The van der Waals surface area contributed by atoms with Crippen LogP contribution in [0.1, 0.15) is 27.5 Å². The molecule has 4 nitrogen and oxygen atoms in total. The molecule has 3 rings (SSSR count). The van der Waals surface area contributed by atoms with Gasteiger partial charge in [-0.1, -0.05) is 42.5 Å². The summed E-state index contributed by atoms with van der Waals surface area (Å²) < 4.78 is 5.67. The lowest BCUT2D eigenvalue weighted by molar-refractivity contribution is -0.0127. The molecular formula is C19H22N2O2. The lowest BCUT2D eigenvalue weighted by Crippen LogP contribution is -2.39. The molecule has 1 aliphatic heterocycles. The van der Waals surface area contributed by atoms with Gasteiger partial charge in [0.15, 0.2) is 0 Å². The fourth-order valence-electron chi connectivity index (χ4n) is 2.95. The zero-order valence-corrected chi connectivity index (χ0v) is 13.4. The van der Waals surface area contributed by atoms with E-state index < -0.39 is 0 Å². The molecule has 0 saturated carbocycles. The molecule has 1 N–H and O–H groups in total. The maximum absolute atomic E-state index is 11.6. The van der Waals surface area contributed by atoms with Crippen LogP contribution in [0.15, 0.2) is 54.6 Å². The zero-order chi connectivity index (χ0) is 16.1. The summed E-state index contributed by atoms with van der Waals surface area (Å²) in [5.41, 5.74) is 3.19. The van der Waals surface area contributed by atoms with Crippen molar-refractivity contribution in [3.05, 3.63) is 71.3 Å². The standard InChI is InChI=1S/C19H22N2O2/c1-20-19(22)17-9-7-15(8-10-17)13-21-11-12-23-14-18(21)16-5-3-2-4-6-16/h2-10,18H,11-14H2,1H3,(H,20,22). The van der Waals surface area contributed by atoms with E-state index in [2.05, 4.69) is 34.5 Å². The number of carbonyl (C=O) groups is 1. The molecule has 1 unspecified atom stereocenters. The molecule has 0 bridgehead atoms. The maximum Gasteiger partial charge on any atom is 0.251 e. The van der Waals surface area contributed by atoms with E-state index >= 15 is 0 Å². The van der Waals surface area contributed by atoms with Crippen molar-refractivity contribution in [3.63, 3.8) is 0 Å². The van der Waals surface area contributed by atoms with Gasteiger partial charge in [-0.25, -0.2) is 0 Å². The molecule has 4 heteroatoms. The third kappa shape index (κ3) is 3.78. The first-order chi connectivity index (χ1) is 11.3. The van der Waals surface area contributed by atoms with E-state index in [9.17, 15) is 4.79 Å². The van der Waals surface area contributed by atoms with Crippen LogP contribution in [-0.2, 0) is 11.3 Å². The molecule has 0 aliphatic carbocycles. The average Bonchev–Trinajstić information content (AvgIpc) is 2.63. The second-order valence-corrected chi connectivity index (χ2v) is 5.75. The molecule has 1 atom stereocenters. The van der Waals surface area contributed by atoms with Gasteiger partial charge in [-0.15, -0.1) is 0 Å². The Hall–Kier alpha value is -2.17. The number of amides is 1. The van der Waals surface area contributed by atoms with Crippen molar-refractivity contribution in [1.29, 1.82) is 0 Å². The van der Waals surface area contributed by atoms with Crippen LogP contribution < -0.4 is 5.32 Å². The lowest BCUT2D eigenvalue weighted by Gasteiger charge is -2.36. The minimum atomic E-state index is -0.0508. The summed E-state index contributed by atoms with van der Waals surface area (Å²) in [6, 6.07) is 18.6. The highest BCUT2D eigenvalue weighted by Gasteiger charge is 2.24. The second kappa shape index (κ2) is 7.40. The van der Waals surface area contributed by atoms with Crippen molar-refractivity contribution >= 4 is 5.91 Å². The summed E-state index contributed by atoms with van der Waals surface area (Å²) >= 11 is 0. The van der Waals surface area contributed by atoms with E-state index in [0.29, 0.717) is 5.56 Å². The molecule has 0 spiro atoms. The number of morpholine rings is 1. The molecule has 120 valence electrons. The van der Waals surface area contributed by atoms with Crippen LogP contribution in [0, 0.1) is 0 Å². The zero-order valence-electron chi connectivity index (χ0n) is 13.4. The van der Waals surface area contributed by atoms with Crippen molar-refractivity contribution in [2.45, 2.75) is 12.6 Å². The Balaban J connectivity index is 1.73. The van der Waals surface area contributed by atoms with Gasteiger partial charge < -0.3 is 10.1 Å². The van der Waals surface area contributed by atoms with Crippen LogP contribution in [0.5, 0.6) is 0 Å². The van der Waals surface area contributed by atoms with E-state index in [-0.39, 0.29) is 11.9 Å². The monoisotopic (exact) mass is 310 g/mol. The predicted octanol–water partition coefficient (Wildman–Crippen LogP) is 2.62. The number of hydrogen-bond acceptors (Lipinski definition) is 3. The van der Waals surface area contributed by atoms with Gasteiger partial charge in [-0.3, -0.25) is 9.69 Å². The Bertz CT molecular complexity index is 640. The van der Waals surface area contributed by atoms with Crippen molar-refractivity contribution in [2.75, 3.05) is 26.8 Å². The summed E-state index contributed by atoms with van der Waals surface area (Å²) in [5.74, 6) is -0.0508. The Morgan fingerprint density at radius 2 is 1.91 bits per heavy atom. The van der Waals surface area contributed by atoms with E-state index in [0.717, 1.165) is 26.3 Å². The SMILES string of the molecule is CNC(=O)c1ccc(CN2CCOCC2c2ccccc2)cc1. The highest BCUT2D eigenvalue weighted by Crippen LogP contribution is 2.25. The summed E-state index contributed by atoms with van der Waals surface area (Å²) in [7, 11) is 1.65. The second-order valence-electron chi connectivity index (χ2n) is 5.75. The number of ether oxygens (including phenoxy) is 1. The first kappa shape index (κ1) is 15.7. The van der Waals surface area contributed by atoms with Gasteiger partial charge >= 0.3 is 0 Å². The van der Waals surface area contributed by atoms with Crippen LogP contribution in [0.25, 0.3) is 0 Å². The lowest BCUT2D eigenvalue weighted by atomic mass is 10.0. The van der Waals surface area contributed by atoms with Crippen LogP contribution in [0.3, 0.4) is 0 Å². The molecule has 0 radical (unpaired) electrons. The van der Waals surface area contributed by atoms with Gasteiger partial charge in [0.25, 0.3) is 5.91 Å². The number of benzene rings is 2. The number of rotatable bonds is 4. The van der Waals surface area contributed by atoms with Crippen LogP contribution in [-0.4, -0.2) is 37.6 Å². The minimum absolute atomic E-state index is 0.0508. The molecule has 2 aromatic carbocycles. The predicted molar refractivity (Wildman–Crippen MR) is 90.2 cm³/mol. The quantitative estimate of drug-likeness (QED) is 0.944. The summed E-state index contributed by atoms with van der Waals surface area (Å²) in [6.07, 6.45) is 0. The Morgan fingerprint density at radius 1 is 1.17 bits per heavy atom. The molecule has 1 aliphatic rings. The average molecular weight is 310 g/mol. The number of carbonyl (C=O) groups excluding carboxylic acids is 1. The normalized spacial score (nSPS) is 18.6. The van der Waals surface area contributed by atoms with E-state index in [1.165, 1.54) is 11.1 Å². The summed E-state index contributed by atoms with van der Waals surface area (Å²) in [6.45, 7) is 3.26. The van der Waals surface area contributed by atoms with Crippen molar-refractivity contribution < 1.29 is 9.53 Å². The van der Waals surface area contributed by atoms with Gasteiger partial charge in [0, 0.05) is 25.7 Å². The number of nitrogens with zero attached hydrogens (tertiary/aromatic N) is 1. The highest BCUT2D eigenvalue weighted by molar-refractivity contribution is 5.93. The molecular weight excluding hydrogens is 288 g/mol. The Morgan fingerprint density at radius 3 is 2.61 bits per heavy atom. The van der Waals surface area contributed by atoms with Crippen molar-refractivity contribution in [3.8, 4) is 0 Å². The molecule has 2 aromatic rings. The summed E-state index contributed by atoms with van der Waals surface area (Å²) in [5, 5.41) is 2.64. The Kier molecular flexibility index (Phi) is 5.05. The number of nitrogens with one attached hydrogen (secondary N) is 1. The van der Waals surface area contributed by atoms with E-state index in [1.807, 2.05) is 30.3 Å². The minimum Gasteiger partial charge on any atom is -0.378 e. The fraction of sp³-hybridized carbons (Fsp3) is 0.316. The molecule has 1 amide bonds. The van der Waals surface area contributed by atoms with Crippen molar-refractivity contribution in [2.24, 2.45) is 0 Å². The molecule has 23 heavy (non-hydrogen) atoms. The largest absolute Gasteiger partial charge is 0.378 e. The van der Waals surface area contributed by atoms with E-state index in [4.69, 9.17) is 4.74 Å². The number of hydrogen-bond donors (Lipinski definition) is 1. The molecule has 1 heterocycles. The third-order valence-electron chi connectivity index (χ3n) is 4.25. The first-order valence-electron chi connectivity index (χ1n) is 7.95. The van der Waals surface area contributed by atoms with Gasteiger partial charge in [-0.2, -0.15) is 0 Å². The van der Waals surface area contributed by atoms with Gasteiger partial charge in [0.1, 0.15) is 0 Å². The third-order valence-corrected chi connectivity index (χ3v) is 4.25. The molecule has 1 saturated heterocycles. The van der Waals surface area contributed by atoms with Crippen LogP contribution in [0.4, 0.5) is 0 Å². The van der Waals surface area contributed by atoms with Crippen LogP contribution >= 0.6 is 0 Å². The van der Waals surface area contributed by atoms with Gasteiger partial charge in [-0.05, 0) is 23.3 Å². The van der Waals surface area contributed by atoms with Crippen molar-refractivity contribution in [1.82, 2.24) is 10.2 Å². The Labute approximate surface area is 137 Å². The highest BCUT2D eigenvalue weighted by atomic mass is 16.5. The topological polar surface area (TPSA) is 41.6 Å². The van der Waals surface area contributed by atoms with E-state index in [1.54, 1.807) is 7.05 Å².